The van der Waals surface area contributed by atoms with Crippen molar-refractivity contribution in [3.05, 3.63) is 50.0 Å². The molecular weight excluding hydrogens is 475 g/mol. The van der Waals surface area contributed by atoms with Crippen LogP contribution in [0.25, 0.3) is 0 Å². The molecule has 7 heteroatoms. The predicted octanol–water partition coefficient (Wildman–Crippen LogP) is 4.27. The van der Waals surface area contributed by atoms with Crippen LogP contribution in [-0.2, 0) is 4.79 Å². The number of carbonyl (C=O) groups is 2. The molecule has 0 saturated heterocycles. The number of benzene rings is 2. The zero-order valence-electron chi connectivity index (χ0n) is 12.4. The molecule has 23 heavy (non-hydrogen) atoms. The molecule has 0 fully saturated rings. The fourth-order valence-corrected chi connectivity index (χ4v) is 2.89. The van der Waals surface area contributed by atoms with Gasteiger partial charge in [-0.3, -0.25) is 9.59 Å². The fourth-order valence-electron chi connectivity index (χ4n) is 1.95. The Morgan fingerprint density at radius 3 is 2.52 bits per heavy atom. The van der Waals surface area contributed by atoms with E-state index in [1.165, 1.54) is 14.0 Å². The highest BCUT2D eigenvalue weighted by atomic mass is 127. The Morgan fingerprint density at radius 1 is 1.13 bits per heavy atom. The van der Waals surface area contributed by atoms with E-state index in [-0.39, 0.29) is 11.8 Å². The molecule has 2 N–H and O–H groups in total. The lowest BCUT2D eigenvalue weighted by atomic mass is 10.2. The molecule has 0 aliphatic rings. The van der Waals surface area contributed by atoms with Crippen molar-refractivity contribution in [2.24, 2.45) is 0 Å². The van der Waals surface area contributed by atoms with Gasteiger partial charge in [0.15, 0.2) is 0 Å². The number of hydrogen-bond acceptors (Lipinski definition) is 3. The number of hydrogen-bond donors (Lipinski definition) is 2. The van der Waals surface area contributed by atoms with Crippen molar-refractivity contribution in [3.63, 3.8) is 0 Å². The first-order valence-electron chi connectivity index (χ1n) is 6.62. The highest BCUT2D eigenvalue weighted by molar-refractivity contribution is 14.1. The van der Waals surface area contributed by atoms with Crippen LogP contribution in [0.2, 0.25) is 0 Å². The van der Waals surface area contributed by atoms with E-state index in [9.17, 15) is 9.59 Å². The largest absolute Gasteiger partial charge is 0.495 e. The maximum Gasteiger partial charge on any atom is 0.256 e. The Hall–Kier alpha value is -1.61. The highest BCUT2D eigenvalue weighted by Crippen LogP contribution is 2.29. The molecule has 0 aliphatic carbocycles. The Morgan fingerprint density at radius 2 is 1.87 bits per heavy atom. The summed E-state index contributed by atoms with van der Waals surface area (Å²) in [6.07, 6.45) is 0. The molecule has 0 unspecified atom stereocenters. The van der Waals surface area contributed by atoms with Gasteiger partial charge in [-0.25, -0.2) is 0 Å². The van der Waals surface area contributed by atoms with E-state index >= 15 is 0 Å². The molecule has 120 valence electrons. The standard InChI is InChI=1S/C16H14BrIN2O3/c1-9(21)19-11-4-6-15(23-2)14(8-11)20-16(22)12-7-10(17)3-5-13(12)18/h3-8H,1-2H3,(H,19,21)(H,20,22). The molecule has 0 aromatic heterocycles. The van der Waals surface area contributed by atoms with Crippen molar-refractivity contribution in [1.82, 2.24) is 0 Å². The topological polar surface area (TPSA) is 67.4 Å². The molecule has 0 radical (unpaired) electrons. The first-order chi connectivity index (χ1) is 10.9. The zero-order valence-corrected chi connectivity index (χ0v) is 16.2. The van der Waals surface area contributed by atoms with Crippen LogP contribution in [-0.4, -0.2) is 18.9 Å². The second kappa shape index (κ2) is 7.78. The minimum absolute atomic E-state index is 0.186. The van der Waals surface area contributed by atoms with Gasteiger partial charge >= 0.3 is 0 Å². The third-order valence-electron chi connectivity index (χ3n) is 2.94. The maximum absolute atomic E-state index is 12.5. The highest BCUT2D eigenvalue weighted by Gasteiger charge is 2.14. The van der Waals surface area contributed by atoms with E-state index < -0.39 is 0 Å². The van der Waals surface area contributed by atoms with Gasteiger partial charge in [0, 0.05) is 20.7 Å². The molecule has 5 nitrogen and oxygen atoms in total. The van der Waals surface area contributed by atoms with Gasteiger partial charge in [-0.2, -0.15) is 0 Å². The summed E-state index contributed by atoms with van der Waals surface area (Å²) in [5, 5.41) is 5.49. The van der Waals surface area contributed by atoms with Crippen molar-refractivity contribution in [2.45, 2.75) is 6.92 Å². The number of amides is 2. The third-order valence-corrected chi connectivity index (χ3v) is 4.38. The number of carbonyl (C=O) groups excluding carboxylic acids is 2. The van der Waals surface area contributed by atoms with Crippen molar-refractivity contribution >= 4 is 61.7 Å². The van der Waals surface area contributed by atoms with Gasteiger partial charge in [-0.1, -0.05) is 15.9 Å². The summed E-state index contributed by atoms with van der Waals surface area (Å²) in [7, 11) is 1.52. The molecule has 0 bridgehead atoms. The summed E-state index contributed by atoms with van der Waals surface area (Å²) in [5.41, 5.74) is 1.61. The number of nitrogens with one attached hydrogen (secondary N) is 2. The lowest BCUT2D eigenvalue weighted by Crippen LogP contribution is -2.15. The first-order valence-corrected chi connectivity index (χ1v) is 8.50. The fraction of sp³-hybridized carbons (Fsp3) is 0.125. The molecule has 0 aliphatic heterocycles. The molecule has 2 rings (SSSR count). The van der Waals surface area contributed by atoms with Gasteiger partial charge < -0.3 is 15.4 Å². The summed E-state index contributed by atoms with van der Waals surface area (Å²) in [6, 6.07) is 10.5. The lowest BCUT2D eigenvalue weighted by molar-refractivity contribution is -0.114. The van der Waals surface area contributed by atoms with Crippen molar-refractivity contribution in [3.8, 4) is 5.75 Å². The average Bonchev–Trinajstić information content (AvgIpc) is 2.49. The maximum atomic E-state index is 12.5. The van der Waals surface area contributed by atoms with E-state index in [2.05, 4.69) is 49.2 Å². The van der Waals surface area contributed by atoms with Crippen molar-refractivity contribution < 1.29 is 14.3 Å². The second-order valence-electron chi connectivity index (χ2n) is 4.67. The van der Waals surface area contributed by atoms with Gasteiger partial charge in [0.25, 0.3) is 5.91 Å². The molecule has 2 amide bonds. The van der Waals surface area contributed by atoms with Gasteiger partial charge in [0.2, 0.25) is 5.91 Å². The van der Waals surface area contributed by atoms with E-state index in [4.69, 9.17) is 4.74 Å². The second-order valence-corrected chi connectivity index (χ2v) is 6.75. The molecule has 0 heterocycles. The van der Waals surface area contributed by atoms with Gasteiger partial charge in [-0.15, -0.1) is 0 Å². The van der Waals surface area contributed by atoms with E-state index in [0.29, 0.717) is 22.7 Å². The summed E-state index contributed by atoms with van der Waals surface area (Å²) in [4.78, 5) is 23.7. The molecule has 0 spiro atoms. The zero-order chi connectivity index (χ0) is 17.0. The van der Waals surface area contributed by atoms with E-state index in [1.807, 2.05) is 12.1 Å². The SMILES string of the molecule is COc1ccc(NC(C)=O)cc1NC(=O)c1cc(Br)ccc1I. The molecular formula is C16H14BrIN2O3. The molecule has 0 saturated carbocycles. The minimum Gasteiger partial charge on any atom is -0.495 e. The van der Waals surface area contributed by atoms with Gasteiger partial charge in [0.1, 0.15) is 5.75 Å². The summed E-state index contributed by atoms with van der Waals surface area (Å²) < 4.78 is 6.91. The normalized spacial score (nSPS) is 10.1. The Kier molecular flexibility index (Phi) is 6.00. The Balaban J connectivity index is 2.32. The Bertz CT molecular complexity index is 765. The number of methoxy groups -OCH3 is 1. The molecule has 2 aromatic rings. The lowest BCUT2D eigenvalue weighted by Gasteiger charge is -2.13. The summed E-state index contributed by atoms with van der Waals surface area (Å²) in [6.45, 7) is 1.42. The van der Waals surface area contributed by atoms with Crippen LogP contribution < -0.4 is 15.4 Å². The molecule has 0 atom stereocenters. The Labute approximate surface area is 156 Å². The van der Waals surface area contributed by atoms with Gasteiger partial charge in [-0.05, 0) is 59.0 Å². The van der Waals surface area contributed by atoms with Crippen LogP contribution in [0.4, 0.5) is 11.4 Å². The predicted molar refractivity (Wildman–Crippen MR) is 102 cm³/mol. The number of ether oxygens (including phenoxy) is 1. The number of halogens is 2. The minimum atomic E-state index is -0.256. The number of rotatable bonds is 4. The smallest absolute Gasteiger partial charge is 0.256 e. The van der Waals surface area contributed by atoms with Crippen LogP contribution in [0.1, 0.15) is 17.3 Å². The van der Waals surface area contributed by atoms with Crippen LogP contribution in [0, 0.1) is 3.57 Å². The third kappa shape index (κ3) is 4.68. The van der Waals surface area contributed by atoms with E-state index in [0.717, 1.165) is 8.04 Å². The van der Waals surface area contributed by atoms with Crippen LogP contribution >= 0.6 is 38.5 Å². The summed E-state index contributed by atoms with van der Waals surface area (Å²) in [5.74, 6) is 0.0698. The summed E-state index contributed by atoms with van der Waals surface area (Å²) >= 11 is 5.47. The average molecular weight is 489 g/mol. The first kappa shape index (κ1) is 17.7. The molecule has 2 aromatic carbocycles. The van der Waals surface area contributed by atoms with Crippen molar-refractivity contribution in [2.75, 3.05) is 17.7 Å². The monoisotopic (exact) mass is 488 g/mol. The van der Waals surface area contributed by atoms with Crippen LogP contribution in [0.3, 0.4) is 0 Å². The van der Waals surface area contributed by atoms with E-state index in [1.54, 1.807) is 24.3 Å². The quantitative estimate of drug-likeness (QED) is 0.631. The number of anilines is 2. The van der Waals surface area contributed by atoms with Crippen molar-refractivity contribution in [1.29, 1.82) is 0 Å². The van der Waals surface area contributed by atoms with Gasteiger partial charge in [0.05, 0.1) is 18.4 Å². The van der Waals surface area contributed by atoms with Crippen LogP contribution in [0.15, 0.2) is 40.9 Å². The van der Waals surface area contributed by atoms with Crippen LogP contribution in [0.5, 0.6) is 5.75 Å².